The summed E-state index contributed by atoms with van der Waals surface area (Å²) in [5.41, 5.74) is 1.39. The maximum Gasteiger partial charge on any atom is 0.0207 e. The molecule has 1 unspecified atom stereocenters. The lowest BCUT2D eigenvalue weighted by Gasteiger charge is -2.10. The molecule has 0 saturated carbocycles. The van der Waals surface area contributed by atoms with Gasteiger partial charge in [0.25, 0.3) is 0 Å². The summed E-state index contributed by atoms with van der Waals surface area (Å²) in [7, 11) is 2.00. The number of rotatable bonds is 4. The van der Waals surface area contributed by atoms with Crippen LogP contribution in [-0.4, -0.2) is 13.1 Å². The molecule has 1 aromatic carbocycles. The monoisotopic (exact) mass is 241 g/mol. The Morgan fingerprint density at radius 1 is 1.38 bits per heavy atom. The third-order valence-electron chi connectivity index (χ3n) is 2.30. The average Bonchev–Trinajstić information content (AvgIpc) is 2.16. The van der Waals surface area contributed by atoms with Crippen LogP contribution in [0.1, 0.15) is 18.9 Å². The highest BCUT2D eigenvalue weighted by atomic mass is 79.9. The summed E-state index contributed by atoms with van der Waals surface area (Å²) in [6, 6.07) is 9.00. The second kappa shape index (κ2) is 5.40. The highest BCUT2D eigenvalue weighted by Gasteiger charge is 2.01. The second-order valence-corrected chi connectivity index (χ2v) is 4.17. The fraction of sp³-hybridized carbons (Fsp3) is 0.455. The van der Waals surface area contributed by atoms with Gasteiger partial charge in [0.2, 0.25) is 0 Å². The van der Waals surface area contributed by atoms with Gasteiger partial charge in [-0.3, -0.25) is 0 Å². The molecule has 0 aliphatic rings. The lowest BCUT2D eigenvalue weighted by molar-refractivity contribution is 0.564. The maximum atomic E-state index is 3.55. The van der Waals surface area contributed by atoms with Crippen molar-refractivity contribution in [2.24, 2.45) is 0 Å². The Balaban J connectivity index is 2.50. The zero-order valence-corrected chi connectivity index (χ0v) is 9.76. The quantitative estimate of drug-likeness (QED) is 0.855. The van der Waals surface area contributed by atoms with Gasteiger partial charge in [-0.05, 0) is 38.4 Å². The van der Waals surface area contributed by atoms with Gasteiger partial charge >= 0.3 is 0 Å². The van der Waals surface area contributed by atoms with Crippen LogP contribution < -0.4 is 5.32 Å². The van der Waals surface area contributed by atoms with Gasteiger partial charge in [0.05, 0.1) is 0 Å². The summed E-state index contributed by atoms with van der Waals surface area (Å²) in [4.78, 5) is 0. The Labute approximate surface area is 88.7 Å². The van der Waals surface area contributed by atoms with E-state index in [1.165, 1.54) is 16.5 Å². The Morgan fingerprint density at radius 3 is 2.69 bits per heavy atom. The summed E-state index contributed by atoms with van der Waals surface area (Å²) >= 11 is 3.55. The van der Waals surface area contributed by atoms with E-state index < -0.39 is 0 Å². The molecule has 0 amide bonds. The van der Waals surface area contributed by atoms with E-state index in [2.05, 4.69) is 52.4 Å². The summed E-state index contributed by atoms with van der Waals surface area (Å²) in [5, 5.41) is 3.24. The molecule has 0 saturated heterocycles. The van der Waals surface area contributed by atoms with E-state index >= 15 is 0 Å². The molecule has 72 valence electrons. The van der Waals surface area contributed by atoms with Gasteiger partial charge in [0, 0.05) is 10.5 Å². The van der Waals surface area contributed by atoms with Gasteiger partial charge in [-0.2, -0.15) is 0 Å². The first-order valence-electron chi connectivity index (χ1n) is 4.64. The average molecular weight is 242 g/mol. The summed E-state index contributed by atoms with van der Waals surface area (Å²) < 4.78 is 1.22. The summed E-state index contributed by atoms with van der Waals surface area (Å²) in [5.74, 6) is 0. The van der Waals surface area contributed by atoms with Crippen LogP contribution in [-0.2, 0) is 6.42 Å². The second-order valence-electron chi connectivity index (χ2n) is 3.32. The van der Waals surface area contributed by atoms with E-state index in [0.717, 1.165) is 6.42 Å². The van der Waals surface area contributed by atoms with Crippen molar-refractivity contribution in [1.82, 2.24) is 5.32 Å². The van der Waals surface area contributed by atoms with Crippen LogP contribution in [0.25, 0.3) is 0 Å². The third-order valence-corrected chi connectivity index (χ3v) is 3.07. The molecule has 13 heavy (non-hydrogen) atoms. The number of nitrogens with one attached hydrogen (secondary N) is 1. The number of benzene rings is 1. The molecule has 1 rings (SSSR count). The Morgan fingerprint density at radius 2 is 2.08 bits per heavy atom. The lowest BCUT2D eigenvalue weighted by Crippen LogP contribution is -2.21. The fourth-order valence-corrected chi connectivity index (χ4v) is 1.70. The molecule has 0 spiro atoms. The van der Waals surface area contributed by atoms with E-state index in [1.807, 2.05) is 7.05 Å². The highest BCUT2D eigenvalue weighted by Crippen LogP contribution is 2.17. The smallest absolute Gasteiger partial charge is 0.0207 e. The van der Waals surface area contributed by atoms with Crippen molar-refractivity contribution < 1.29 is 0 Å². The summed E-state index contributed by atoms with van der Waals surface area (Å²) in [6.07, 6.45) is 2.31. The first-order valence-corrected chi connectivity index (χ1v) is 5.44. The topological polar surface area (TPSA) is 12.0 Å². The molecule has 0 aromatic heterocycles. The van der Waals surface area contributed by atoms with Gasteiger partial charge in [0.1, 0.15) is 0 Å². The molecule has 0 fully saturated rings. The normalized spacial score (nSPS) is 12.8. The van der Waals surface area contributed by atoms with Crippen molar-refractivity contribution in [3.05, 3.63) is 34.3 Å². The number of hydrogen-bond donors (Lipinski definition) is 1. The van der Waals surface area contributed by atoms with Gasteiger partial charge in [-0.1, -0.05) is 34.1 Å². The zero-order valence-electron chi connectivity index (χ0n) is 8.18. The largest absolute Gasteiger partial charge is 0.317 e. The zero-order chi connectivity index (χ0) is 9.68. The molecular weight excluding hydrogens is 226 g/mol. The van der Waals surface area contributed by atoms with Gasteiger partial charge in [0.15, 0.2) is 0 Å². The van der Waals surface area contributed by atoms with Crippen LogP contribution in [0.4, 0.5) is 0 Å². The van der Waals surface area contributed by atoms with E-state index in [1.54, 1.807) is 0 Å². The minimum atomic E-state index is 0.590. The molecule has 1 nitrogen and oxygen atoms in total. The van der Waals surface area contributed by atoms with Gasteiger partial charge in [-0.25, -0.2) is 0 Å². The van der Waals surface area contributed by atoms with E-state index in [0.29, 0.717) is 6.04 Å². The van der Waals surface area contributed by atoms with Crippen LogP contribution in [0.2, 0.25) is 0 Å². The van der Waals surface area contributed by atoms with Crippen molar-refractivity contribution in [3.63, 3.8) is 0 Å². The first kappa shape index (κ1) is 10.7. The number of hydrogen-bond acceptors (Lipinski definition) is 1. The van der Waals surface area contributed by atoms with Crippen molar-refractivity contribution in [2.75, 3.05) is 7.05 Å². The van der Waals surface area contributed by atoms with Crippen molar-refractivity contribution in [3.8, 4) is 0 Å². The van der Waals surface area contributed by atoms with E-state index in [9.17, 15) is 0 Å². The van der Waals surface area contributed by atoms with Crippen LogP contribution in [0.5, 0.6) is 0 Å². The Kier molecular flexibility index (Phi) is 4.46. The van der Waals surface area contributed by atoms with Crippen LogP contribution >= 0.6 is 15.9 Å². The van der Waals surface area contributed by atoms with Crippen LogP contribution in [0.3, 0.4) is 0 Å². The number of halogens is 1. The third kappa shape index (κ3) is 3.49. The predicted molar refractivity (Wildman–Crippen MR) is 61.0 cm³/mol. The number of aryl methyl sites for hydroxylation is 1. The molecule has 1 aromatic rings. The molecule has 0 aliphatic carbocycles. The lowest BCUT2D eigenvalue weighted by atomic mass is 10.1. The van der Waals surface area contributed by atoms with Gasteiger partial charge < -0.3 is 5.32 Å². The molecule has 0 aliphatic heterocycles. The van der Waals surface area contributed by atoms with Crippen molar-refractivity contribution >= 4 is 15.9 Å². The van der Waals surface area contributed by atoms with E-state index in [4.69, 9.17) is 0 Å². The molecule has 1 N–H and O–H groups in total. The Hall–Kier alpha value is -0.340. The molecular formula is C11H16BrN. The van der Waals surface area contributed by atoms with Crippen molar-refractivity contribution in [2.45, 2.75) is 25.8 Å². The molecule has 0 bridgehead atoms. The molecule has 0 radical (unpaired) electrons. The minimum Gasteiger partial charge on any atom is -0.317 e. The Bertz CT molecular complexity index is 260. The standard InChI is InChI=1S/C11H16BrN/c1-9(13-2)7-8-10-5-3-4-6-11(10)12/h3-6,9,13H,7-8H2,1-2H3. The van der Waals surface area contributed by atoms with E-state index in [-0.39, 0.29) is 0 Å². The molecule has 1 atom stereocenters. The summed E-state index contributed by atoms with van der Waals surface area (Å²) in [6.45, 7) is 2.21. The highest BCUT2D eigenvalue weighted by molar-refractivity contribution is 9.10. The fourth-order valence-electron chi connectivity index (χ4n) is 1.22. The van der Waals surface area contributed by atoms with Crippen molar-refractivity contribution in [1.29, 1.82) is 0 Å². The molecule has 0 heterocycles. The van der Waals surface area contributed by atoms with Gasteiger partial charge in [-0.15, -0.1) is 0 Å². The maximum absolute atomic E-state index is 3.55. The predicted octanol–water partition coefficient (Wildman–Crippen LogP) is 2.99. The van der Waals surface area contributed by atoms with Crippen LogP contribution in [0.15, 0.2) is 28.7 Å². The first-order chi connectivity index (χ1) is 6.24. The minimum absolute atomic E-state index is 0.590. The van der Waals surface area contributed by atoms with Crippen LogP contribution in [0, 0.1) is 0 Å². The SMILES string of the molecule is CNC(C)CCc1ccccc1Br. The molecule has 2 heteroatoms.